The van der Waals surface area contributed by atoms with E-state index in [1.54, 1.807) is 0 Å². The first-order valence-corrected chi connectivity index (χ1v) is 6.95. The van der Waals surface area contributed by atoms with Gasteiger partial charge in [-0.05, 0) is 31.6 Å². The third-order valence-corrected chi connectivity index (χ3v) is 3.52. The van der Waals surface area contributed by atoms with E-state index < -0.39 is 0 Å². The van der Waals surface area contributed by atoms with Gasteiger partial charge in [-0.2, -0.15) is 0 Å². The van der Waals surface area contributed by atoms with Crippen molar-refractivity contribution in [2.75, 3.05) is 13.1 Å². The fourth-order valence-electron chi connectivity index (χ4n) is 2.17. The number of amides is 1. The molecule has 1 amide bonds. The Kier molecular flexibility index (Phi) is 6.11. The average molecular weight is 235 g/mol. The van der Waals surface area contributed by atoms with Crippen LogP contribution in [0.2, 0.25) is 0 Å². The lowest BCUT2D eigenvalue weighted by atomic mass is 9.97. The number of hydrogen-bond acceptors (Lipinski definition) is 1. The molecule has 17 heavy (non-hydrogen) atoms. The molecule has 1 atom stereocenters. The third kappa shape index (κ3) is 4.81. The van der Waals surface area contributed by atoms with Crippen molar-refractivity contribution >= 4 is 5.91 Å². The summed E-state index contributed by atoms with van der Waals surface area (Å²) in [7, 11) is 0. The molecule has 1 aliphatic carbocycles. The van der Waals surface area contributed by atoms with Gasteiger partial charge in [0, 0.05) is 12.5 Å². The predicted octanol–water partition coefficient (Wildman–Crippen LogP) is 3.07. The van der Waals surface area contributed by atoms with Crippen LogP contribution < -0.4 is 0 Å². The number of unbranched alkanes of at least 4 members (excludes halogenated alkanes) is 1. The molecule has 0 radical (unpaired) electrons. The van der Waals surface area contributed by atoms with E-state index in [1.807, 2.05) is 4.90 Å². The smallest absolute Gasteiger partial charge is 0.226 e. The van der Waals surface area contributed by atoms with Gasteiger partial charge in [-0.1, -0.05) is 32.6 Å². The molecule has 2 heteroatoms. The van der Waals surface area contributed by atoms with Crippen LogP contribution in [0.3, 0.4) is 0 Å². The van der Waals surface area contributed by atoms with E-state index in [0.717, 1.165) is 38.1 Å². The maximum atomic E-state index is 12.4. The minimum Gasteiger partial charge on any atom is -0.331 e. The van der Waals surface area contributed by atoms with Gasteiger partial charge in [-0.3, -0.25) is 4.79 Å². The van der Waals surface area contributed by atoms with Crippen LogP contribution in [0.25, 0.3) is 0 Å². The van der Waals surface area contributed by atoms with Crippen molar-refractivity contribution in [1.29, 1.82) is 0 Å². The van der Waals surface area contributed by atoms with Gasteiger partial charge in [0.05, 0.1) is 6.54 Å². The SMILES string of the molecule is C#CCN(CC1CC1)C(=O)C(CC)CCCC. The number of rotatable bonds is 8. The van der Waals surface area contributed by atoms with Crippen LogP contribution in [0, 0.1) is 24.2 Å². The maximum absolute atomic E-state index is 12.4. The molecule has 0 aromatic heterocycles. The van der Waals surface area contributed by atoms with Gasteiger partial charge in [-0.25, -0.2) is 0 Å². The van der Waals surface area contributed by atoms with Crippen molar-refractivity contribution in [3.8, 4) is 12.3 Å². The second-order valence-corrected chi connectivity index (χ2v) is 5.11. The molecule has 1 fully saturated rings. The van der Waals surface area contributed by atoms with Crippen molar-refractivity contribution in [3.05, 3.63) is 0 Å². The predicted molar refractivity (Wildman–Crippen MR) is 71.4 cm³/mol. The minimum absolute atomic E-state index is 0.182. The van der Waals surface area contributed by atoms with Crippen LogP contribution in [-0.4, -0.2) is 23.9 Å². The number of hydrogen-bond donors (Lipinski definition) is 0. The van der Waals surface area contributed by atoms with E-state index >= 15 is 0 Å². The van der Waals surface area contributed by atoms with Crippen LogP contribution in [0.15, 0.2) is 0 Å². The molecule has 0 spiro atoms. The Balaban J connectivity index is 2.50. The van der Waals surface area contributed by atoms with Gasteiger partial charge in [0.1, 0.15) is 0 Å². The summed E-state index contributed by atoms with van der Waals surface area (Å²) in [5.41, 5.74) is 0. The molecule has 0 aromatic rings. The van der Waals surface area contributed by atoms with Gasteiger partial charge >= 0.3 is 0 Å². The van der Waals surface area contributed by atoms with Crippen LogP contribution in [0.4, 0.5) is 0 Å². The lowest BCUT2D eigenvalue weighted by molar-refractivity contribution is -0.135. The molecule has 0 saturated heterocycles. The first-order chi connectivity index (χ1) is 8.22. The Morgan fingerprint density at radius 1 is 1.47 bits per heavy atom. The Morgan fingerprint density at radius 2 is 2.18 bits per heavy atom. The van der Waals surface area contributed by atoms with Crippen LogP contribution >= 0.6 is 0 Å². The summed E-state index contributed by atoms with van der Waals surface area (Å²) in [5.74, 6) is 3.81. The Labute approximate surface area is 106 Å². The topological polar surface area (TPSA) is 20.3 Å². The highest BCUT2D eigenvalue weighted by Crippen LogP contribution is 2.30. The molecular formula is C15H25NO. The van der Waals surface area contributed by atoms with E-state index in [1.165, 1.54) is 12.8 Å². The summed E-state index contributed by atoms with van der Waals surface area (Å²) in [6.07, 6.45) is 12.1. The third-order valence-electron chi connectivity index (χ3n) is 3.52. The molecule has 0 bridgehead atoms. The summed E-state index contributed by atoms with van der Waals surface area (Å²) >= 11 is 0. The summed E-state index contributed by atoms with van der Waals surface area (Å²) in [5, 5.41) is 0. The van der Waals surface area contributed by atoms with Crippen molar-refractivity contribution < 1.29 is 4.79 Å². The van der Waals surface area contributed by atoms with Crippen molar-refractivity contribution in [2.24, 2.45) is 11.8 Å². The highest BCUT2D eigenvalue weighted by molar-refractivity contribution is 5.79. The lowest BCUT2D eigenvalue weighted by Crippen LogP contribution is -2.37. The molecule has 1 aliphatic rings. The maximum Gasteiger partial charge on any atom is 0.226 e. The normalized spacial score (nSPS) is 16.3. The number of terminal acetylenes is 1. The molecule has 2 nitrogen and oxygen atoms in total. The summed E-state index contributed by atoms with van der Waals surface area (Å²) in [6, 6.07) is 0. The van der Waals surface area contributed by atoms with Crippen LogP contribution in [0.1, 0.15) is 52.4 Å². The molecule has 0 aromatic carbocycles. The molecule has 1 rings (SSSR count). The standard InChI is InChI=1S/C15H25NO/c1-4-7-8-14(6-3)15(17)16(11-5-2)12-13-9-10-13/h2,13-14H,4,6-12H2,1,3H3. The molecule has 0 N–H and O–H groups in total. The van der Waals surface area contributed by atoms with Crippen molar-refractivity contribution in [2.45, 2.75) is 52.4 Å². The fourth-order valence-corrected chi connectivity index (χ4v) is 2.17. The largest absolute Gasteiger partial charge is 0.331 e. The van der Waals surface area contributed by atoms with Gasteiger partial charge in [0.2, 0.25) is 5.91 Å². The number of carbonyl (C=O) groups is 1. The van der Waals surface area contributed by atoms with E-state index in [-0.39, 0.29) is 11.8 Å². The molecule has 0 heterocycles. The van der Waals surface area contributed by atoms with E-state index in [4.69, 9.17) is 6.42 Å². The van der Waals surface area contributed by atoms with Crippen LogP contribution in [-0.2, 0) is 4.79 Å². The van der Waals surface area contributed by atoms with Crippen molar-refractivity contribution in [1.82, 2.24) is 4.90 Å². The first-order valence-electron chi connectivity index (χ1n) is 6.95. The first kappa shape index (κ1) is 14.1. The summed E-state index contributed by atoms with van der Waals surface area (Å²) in [4.78, 5) is 14.3. The fraction of sp³-hybridized carbons (Fsp3) is 0.800. The number of carbonyl (C=O) groups excluding carboxylic acids is 1. The second-order valence-electron chi connectivity index (χ2n) is 5.11. The van der Waals surface area contributed by atoms with Gasteiger partial charge in [-0.15, -0.1) is 6.42 Å². The van der Waals surface area contributed by atoms with Gasteiger partial charge < -0.3 is 4.90 Å². The second kappa shape index (κ2) is 7.37. The number of nitrogens with zero attached hydrogens (tertiary/aromatic N) is 1. The average Bonchev–Trinajstić information content (AvgIpc) is 3.13. The van der Waals surface area contributed by atoms with E-state index in [2.05, 4.69) is 19.8 Å². The zero-order valence-electron chi connectivity index (χ0n) is 11.2. The monoisotopic (exact) mass is 235 g/mol. The molecule has 96 valence electrons. The van der Waals surface area contributed by atoms with E-state index in [9.17, 15) is 4.79 Å². The quantitative estimate of drug-likeness (QED) is 0.592. The zero-order valence-corrected chi connectivity index (χ0v) is 11.2. The van der Waals surface area contributed by atoms with Crippen molar-refractivity contribution in [3.63, 3.8) is 0 Å². The lowest BCUT2D eigenvalue weighted by Gasteiger charge is -2.25. The minimum atomic E-state index is 0.182. The molecule has 1 unspecified atom stereocenters. The summed E-state index contributed by atoms with van der Waals surface area (Å²) < 4.78 is 0. The van der Waals surface area contributed by atoms with Gasteiger partial charge in [0.15, 0.2) is 0 Å². The Hall–Kier alpha value is -0.970. The van der Waals surface area contributed by atoms with Crippen LogP contribution in [0.5, 0.6) is 0 Å². The van der Waals surface area contributed by atoms with Gasteiger partial charge in [0.25, 0.3) is 0 Å². The Morgan fingerprint density at radius 3 is 2.65 bits per heavy atom. The summed E-state index contributed by atoms with van der Waals surface area (Å²) in [6.45, 7) is 5.63. The Bertz CT molecular complexity index is 275. The molecular weight excluding hydrogens is 210 g/mol. The zero-order chi connectivity index (χ0) is 12.7. The molecule has 0 aliphatic heterocycles. The molecule has 1 saturated carbocycles. The highest BCUT2D eigenvalue weighted by atomic mass is 16.2. The highest BCUT2D eigenvalue weighted by Gasteiger charge is 2.28. The van der Waals surface area contributed by atoms with E-state index in [0.29, 0.717) is 6.54 Å².